The van der Waals surface area contributed by atoms with Crippen molar-refractivity contribution in [1.82, 2.24) is 0 Å². The largest absolute Gasteiger partial charge is 0.494 e. The Balaban J connectivity index is 1.82. The fourth-order valence-electron chi connectivity index (χ4n) is 3.71. The second-order valence-electron chi connectivity index (χ2n) is 8.09. The second kappa shape index (κ2) is 9.47. The van der Waals surface area contributed by atoms with E-state index in [0.717, 1.165) is 35.7 Å². The van der Waals surface area contributed by atoms with Gasteiger partial charge in [0.2, 0.25) is 0 Å². The van der Waals surface area contributed by atoms with E-state index < -0.39 is 29.1 Å². The number of carbonyl (C=O) groups is 2. The highest BCUT2D eigenvalue weighted by Crippen LogP contribution is 2.36. The molecule has 5 nitrogen and oxygen atoms in total. The summed E-state index contributed by atoms with van der Waals surface area (Å²) < 4.78 is 34.1. The molecule has 174 valence electrons. The molecule has 0 saturated carbocycles. The minimum absolute atomic E-state index is 0.0236. The molecule has 0 aliphatic carbocycles. The summed E-state index contributed by atoms with van der Waals surface area (Å²) in [4.78, 5) is 27.6. The molecule has 0 unspecified atom stereocenters. The Kier molecular flexibility index (Phi) is 6.45. The minimum atomic E-state index is -0.876. The first-order valence-corrected chi connectivity index (χ1v) is 11.0. The van der Waals surface area contributed by atoms with E-state index in [1.54, 1.807) is 36.4 Å². The highest BCUT2D eigenvalue weighted by molar-refractivity contribution is 6.46. The zero-order chi connectivity index (χ0) is 24.4. The van der Waals surface area contributed by atoms with Gasteiger partial charge in [0.05, 0.1) is 17.9 Å². The Morgan fingerprint density at radius 3 is 2.44 bits per heavy atom. The molecule has 1 aliphatic rings. The Labute approximate surface area is 196 Å². The molecule has 0 atom stereocenters. The van der Waals surface area contributed by atoms with Gasteiger partial charge >= 0.3 is 0 Å². The Bertz CT molecular complexity index is 1320. The van der Waals surface area contributed by atoms with Crippen LogP contribution >= 0.6 is 0 Å². The van der Waals surface area contributed by atoms with E-state index in [-0.39, 0.29) is 11.3 Å². The molecule has 1 N–H and O–H groups in total. The molecule has 0 saturated heterocycles. The molecule has 3 aromatic carbocycles. The summed E-state index contributed by atoms with van der Waals surface area (Å²) in [6.07, 6.45) is 0.834. The van der Waals surface area contributed by atoms with Crippen LogP contribution in [0, 0.1) is 25.5 Å². The molecule has 1 heterocycles. The summed E-state index contributed by atoms with van der Waals surface area (Å²) in [5.41, 5.74) is 2.59. The van der Waals surface area contributed by atoms with Gasteiger partial charge in [0.25, 0.3) is 11.8 Å². The van der Waals surface area contributed by atoms with Gasteiger partial charge in [-0.3, -0.25) is 9.59 Å². The Morgan fingerprint density at radius 2 is 1.71 bits per heavy atom. The van der Waals surface area contributed by atoms with Crippen molar-refractivity contribution in [2.24, 2.45) is 0 Å². The molecule has 3 aromatic rings. The average molecular weight is 462 g/mol. The van der Waals surface area contributed by atoms with Crippen molar-refractivity contribution in [2.45, 2.75) is 27.2 Å². The molecule has 34 heavy (non-hydrogen) atoms. The molecule has 0 bridgehead atoms. The second-order valence-corrected chi connectivity index (χ2v) is 8.09. The molecular weight excluding hydrogens is 438 g/mol. The first kappa shape index (κ1) is 23.2. The smallest absolute Gasteiger partial charge is 0.282 e. The highest BCUT2D eigenvalue weighted by atomic mass is 19.1. The van der Waals surface area contributed by atoms with Crippen LogP contribution in [0.4, 0.5) is 20.2 Å². The summed E-state index contributed by atoms with van der Waals surface area (Å²) in [7, 11) is 0. The van der Waals surface area contributed by atoms with E-state index in [2.05, 4.69) is 5.32 Å². The number of hydrogen-bond acceptors (Lipinski definition) is 4. The van der Waals surface area contributed by atoms with Crippen LogP contribution in [0.5, 0.6) is 5.75 Å². The number of rotatable bonds is 7. The molecule has 0 radical (unpaired) electrons. The van der Waals surface area contributed by atoms with Gasteiger partial charge in [-0.1, -0.05) is 31.2 Å². The summed E-state index contributed by atoms with van der Waals surface area (Å²) in [6, 6.07) is 15.0. The third-order valence-electron chi connectivity index (χ3n) is 5.60. The van der Waals surface area contributed by atoms with Gasteiger partial charge in [0, 0.05) is 17.8 Å². The van der Waals surface area contributed by atoms with Crippen LogP contribution in [0.1, 0.15) is 30.0 Å². The normalized spacial score (nSPS) is 13.6. The monoisotopic (exact) mass is 462 g/mol. The van der Waals surface area contributed by atoms with Crippen LogP contribution in [0.3, 0.4) is 0 Å². The topological polar surface area (TPSA) is 58.6 Å². The van der Waals surface area contributed by atoms with Crippen molar-refractivity contribution in [2.75, 3.05) is 16.8 Å². The van der Waals surface area contributed by atoms with E-state index in [1.807, 2.05) is 26.8 Å². The highest BCUT2D eigenvalue weighted by Gasteiger charge is 2.41. The van der Waals surface area contributed by atoms with Crippen molar-refractivity contribution in [3.8, 4) is 5.75 Å². The molecule has 4 rings (SSSR count). The van der Waals surface area contributed by atoms with Gasteiger partial charge in [-0.25, -0.2) is 13.7 Å². The summed E-state index contributed by atoms with van der Waals surface area (Å²) in [6.45, 7) is 6.35. The maximum absolute atomic E-state index is 14.6. The van der Waals surface area contributed by atoms with Crippen LogP contribution in [0.25, 0.3) is 5.57 Å². The van der Waals surface area contributed by atoms with E-state index >= 15 is 0 Å². The summed E-state index contributed by atoms with van der Waals surface area (Å²) >= 11 is 0. The molecule has 0 spiro atoms. The third-order valence-corrected chi connectivity index (χ3v) is 5.60. The Morgan fingerprint density at radius 1 is 0.912 bits per heavy atom. The summed E-state index contributed by atoms with van der Waals surface area (Å²) in [5, 5.41) is 3.03. The van der Waals surface area contributed by atoms with Crippen LogP contribution in [-0.4, -0.2) is 18.4 Å². The van der Waals surface area contributed by atoms with Crippen LogP contribution in [0.2, 0.25) is 0 Å². The number of ether oxygens (including phenoxy) is 1. The maximum Gasteiger partial charge on any atom is 0.282 e. The van der Waals surface area contributed by atoms with Crippen LogP contribution < -0.4 is 15.0 Å². The van der Waals surface area contributed by atoms with Gasteiger partial charge in [-0.2, -0.15) is 0 Å². The third kappa shape index (κ3) is 4.41. The van der Waals surface area contributed by atoms with E-state index in [4.69, 9.17) is 4.74 Å². The quantitative estimate of drug-likeness (QED) is 0.453. The SMILES string of the molecule is CCCOc1cccc(NC2=C(c3ccc(C)c(C)c3)C(=O)N(c3cc(F)ccc3F)C2=O)c1. The number of benzene rings is 3. The molecule has 0 fully saturated rings. The number of amides is 2. The van der Waals surface area contributed by atoms with Crippen LogP contribution in [0.15, 0.2) is 66.4 Å². The van der Waals surface area contributed by atoms with E-state index in [1.165, 1.54) is 0 Å². The molecule has 2 amide bonds. The maximum atomic E-state index is 14.6. The number of anilines is 2. The molecule has 0 aromatic heterocycles. The van der Waals surface area contributed by atoms with Crippen molar-refractivity contribution in [3.63, 3.8) is 0 Å². The first-order valence-electron chi connectivity index (χ1n) is 11.0. The van der Waals surface area contributed by atoms with Gasteiger partial charge in [0.1, 0.15) is 23.1 Å². The lowest BCUT2D eigenvalue weighted by Crippen LogP contribution is -2.33. The van der Waals surface area contributed by atoms with Crippen molar-refractivity contribution in [3.05, 3.63) is 94.7 Å². The lowest BCUT2D eigenvalue weighted by molar-refractivity contribution is -0.120. The minimum Gasteiger partial charge on any atom is -0.494 e. The van der Waals surface area contributed by atoms with Crippen molar-refractivity contribution < 1.29 is 23.1 Å². The predicted molar refractivity (Wildman–Crippen MR) is 128 cm³/mol. The van der Waals surface area contributed by atoms with Crippen LogP contribution in [-0.2, 0) is 9.59 Å². The fraction of sp³-hybridized carbons (Fsp3) is 0.185. The lowest BCUT2D eigenvalue weighted by Gasteiger charge is -2.16. The standard InChI is InChI=1S/C27H24F2N2O3/c1-4-12-34-21-7-5-6-20(15-21)30-25-24(18-9-8-16(2)17(3)13-18)26(32)31(27(25)33)23-14-19(28)10-11-22(23)29/h5-11,13-15,30H,4,12H2,1-3H3. The molecular formula is C27H24F2N2O3. The number of nitrogens with one attached hydrogen (secondary N) is 1. The fourth-order valence-corrected chi connectivity index (χ4v) is 3.71. The van der Waals surface area contributed by atoms with Gasteiger partial charge < -0.3 is 10.1 Å². The van der Waals surface area contributed by atoms with E-state index in [0.29, 0.717) is 28.5 Å². The molecule has 1 aliphatic heterocycles. The number of aryl methyl sites for hydroxylation is 2. The number of imide groups is 1. The van der Waals surface area contributed by atoms with Crippen molar-refractivity contribution >= 4 is 28.8 Å². The van der Waals surface area contributed by atoms with Crippen molar-refractivity contribution in [1.29, 1.82) is 0 Å². The zero-order valence-corrected chi connectivity index (χ0v) is 19.1. The van der Waals surface area contributed by atoms with Gasteiger partial charge in [0.15, 0.2) is 0 Å². The lowest BCUT2D eigenvalue weighted by atomic mass is 9.99. The van der Waals surface area contributed by atoms with Gasteiger partial charge in [-0.15, -0.1) is 0 Å². The first-order chi connectivity index (χ1) is 16.3. The Hall–Kier alpha value is -4.00. The number of hydrogen-bond donors (Lipinski definition) is 1. The average Bonchev–Trinajstić information content (AvgIpc) is 3.05. The predicted octanol–water partition coefficient (Wildman–Crippen LogP) is 5.77. The number of nitrogens with zero attached hydrogens (tertiary/aromatic N) is 1. The summed E-state index contributed by atoms with van der Waals surface area (Å²) in [5.74, 6) is -2.54. The zero-order valence-electron chi connectivity index (χ0n) is 19.1. The van der Waals surface area contributed by atoms with E-state index in [9.17, 15) is 18.4 Å². The number of halogens is 2. The van der Waals surface area contributed by atoms with Gasteiger partial charge in [-0.05, 0) is 61.2 Å². The number of carbonyl (C=O) groups excluding carboxylic acids is 2. The molecule has 7 heteroatoms.